The fraction of sp³-hybridized carbons (Fsp3) is 0.462. The van der Waals surface area contributed by atoms with Gasteiger partial charge in [0.15, 0.2) is 0 Å². The first kappa shape index (κ1) is 16.5. The molecule has 0 radical (unpaired) electrons. The van der Waals surface area contributed by atoms with Crippen LogP contribution in [0, 0.1) is 5.92 Å². The maximum atomic E-state index is 12.5. The summed E-state index contributed by atoms with van der Waals surface area (Å²) in [4.78, 5) is 10.8. The number of rotatable bonds is 5. The number of sulfonamides is 1. The molecule has 0 unspecified atom stereocenters. The third-order valence-corrected chi connectivity index (χ3v) is 5.99. The number of carbonyl (C=O) groups is 1. The Labute approximate surface area is 133 Å². The lowest BCUT2D eigenvalue weighted by molar-refractivity contribution is 0.0697. The summed E-state index contributed by atoms with van der Waals surface area (Å²) in [6, 6.07) is 2.11. The van der Waals surface area contributed by atoms with E-state index in [1.165, 1.54) is 0 Å². The van der Waals surface area contributed by atoms with Crippen molar-refractivity contribution in [2.45, 2.75) is 37.1 Å². The van der Waals surface area contributed by atoms with E-state index in [0.29, 0.717) is 0 Å². The smallest absolute Gasteiger partial charge is 0.337 e. The highest BCUT2D eigenvalue weighted by Crippen LogP contribution is 2.40. The van der Waals surface area contributed by atoms with Crippen molar-refractivity contribution >= 4 is 39.2 Å². The van der Waals surface area contributed by atoms with Crippen LogP contribution in [0.4, 0.5) is 0 Å². The standard InChI is InChI=1S/C13H15Cl2NO4S/c1-13(2,7-3-4-7)16-21(19,20)11-5-8(12(17)18)9(14)6-10(11)15/h5-7,16H,3-4H2,1-2H3,(H,17,18). The van der Waals surface area contributed by atoms with Crippen molar-refractivity contribution in [3.05, 3.63) is 27.7 Å². The van der Waals surface area contributed by atoms with Crippen LogP contribution in [-0.4, -0.2) is 25.0 Å². The summed E-state index contributed by atoms with van der Waals surface area (Å²) in [6.07, 6.45) is 1.93. The number of hydrogen-bond donors (Lipinski definition) is 2. The van der Waals surface area contributed by atoms with Gasteiger partial charge in [0.25, 0.3) is 0 Å². The molecule has 0 bridgehead atoms. The quantitative estimate of drug-likeness (QED) is 0.853. The number of aromatic carboxylic acids is 1. The predicted octanol–water partition coefficient (Wildman–Crippen LogP) is 3.16. The Morgan fingerprint density at radius 3 is 2.33 bits per heavy atom. The van der Waals surface area contributed by atoms with Crippen molar-refractivity contribution in [1.29, 1.82) is 0 Å². The van der Waals surface area contributed by atoms with Crippen LogP contribution in [0.15, 0.2) is 17.0 Å². The average molecular weight is 352 g/mol. The molecule has 0 aliphatic heterocycles. The van der Waals surface area contributed by atoms with Gasteiger partial charge < -0.3 is 5.11 Å². The van der Waals surface area contributed by atoms with Gasteiger partial charge in [-0.2, -0.15) is 0 Å². The summed E-state index contributed by atoms with van der Waals surface area (Å²) in [5, 5.41) is 8.82. The lowest BCUT2D eigenvalue weighted by atomic mass is 10.0. The van der Waals surface area contributed by atoms with Crippen molar-refractivity contribution < 1.29 is 18.3 Å². The van der Waals surface area contributed by atoms with Crippen LogP contribution in [0.25, 0.3) is 0 Å². The molecule has 2 N–H and O–H groups in total. The molecule has 2 rings (SSSR count). The fourth-order valence-electron chi connectivity index (χ4n) is 2.19. The molecule has 0 aromatic heterocycles. The van der Waals surface area contributed by atoms with Gasteiger partial charge in [-0.05, 0) is 44.7 Å². The monoisotopic (exact) mass is 351 g/mol. The molecule has 0 saturated heterocycles. The molecule has 0 atom stereocenters. The van der Waals surface area contributed by atoms with Gasteiger partial charge in [-0.1, -0.05) is 23.2 Å². The molecule has 8 heteroatoms. The first-order chi connectivity index (χ1) is 9.54. The van der Waals surface area contributed by atoms with Crippen molar-refractivity contribution in [2.24, 2.45) is 5.92 Å². The van der Waals surface area contributed by atoms with Crippen LogP contribution in [0.1, 0.15) is 37.0 Å². The number of halogens is 2. The summed E-state index contributed by atoms with van der Waals surface area (Å²) >= 11 is 11.7. The van der Waals surface area contributed by atoms with E-state index in [1.54, 1.807) is 13.8 Å². The topological polar surface area (TPSA) is 83.5 Å². The maximum Gasteiger partial charge on any atom is 0.337 e. The van der Waals surface area contributed by atoms with Gasteiger partial charge in [0.05, 0.1) is 15.6 Å². The van der Waals surface area contributed by atoms with Crippen molar-refractivity contribution in [3.63, 3.8) is 0 Å². The summed E-state index contributed by atoms with van der Waals surface area (Å²) < 4.78 is 27.5. The van der Waals surface area contributed by atoms with E-state index < -0.39 is 21.5 Å². The van der Waals surface area contributed by atoms with E-state index >= 15 is 0 Å². The Hall–Kier alpha value is -0.820. The highest BCUT2D eigenvalue weighted by Gasteiger charge is 2.41. The largest absolute Gasteiger partial charge is 0.478 e. The molecule has 1 aliphatic carbocycles. The average Bonchev–Trinajstić information content (AvgIpc) is 3.09. The Bertz CT molecular complexity index is 696. The minimum atomic E-state index is -3.93. The van der Waals surface area contributed by atoms with E-state index in [9.17, 15) is 13.2 Å². The normalized spacial score (nSPS) is 16.0. The van der Waals surface area contributed by atoms with E-state index in [1.807, 2.05) is 0 Å². The minimum Gasteiger partial charge on any atom is -0.478 e. The zero-order chi connectivity index (χ0) is 16.0. The molecule has 1 aromatic rings. The third kappa shape index (κ3) is 3.51. The van der Waals surface area contributed by atoms with E-state index in [4.69, 9.17) is 28.3 Å². The second kappa shape index (κ2) is 5.43. The fourth-order valence-corrected chi connectivity index (χ4v) is 4.52. The van der Waals surface area contributed by atoms with Crippen LogP contribution >= 0.6 is 23.2 Å². The van der Waals surface area contributed by atoms with Gasteiger partial charge in [0.2, 0.25) is 10.0 Å². The van der Waals surface area contributed by atoms with Crippen LogP contribution in [-0.2, 0) is 10.0 Å². The zero-order valence-corrected chi connectivity index (χ0v) is 13.8. The second-order valence-corrected chi connectivity index (χ2v) is 8.13. The first-order valence-electron chi connectivity index (χ1n) is 6.31. The SMILES string of the molecule is CC(C)(NS(=O)(=O)c1cc(C(=O)O)c(Cl)cc1Cl)C1CC1. The lowest BCUT2D eigenvalue weighted by Crippen LogP contribution is -2.45. The summed E-state index contributed by atoms with van der Waals surface area (Å²) in [7, 11) is -3.93. The van der Waals surface area contributed by atoms with E-state index in [0.717, 1.165) is 25.0 Å². The van der Waals surface area contributed by atoms with Crippen LogP contribution < -0.4 is 4.72 Å². The summed E-state index contributed by atoms with van der Waals surface area (Å²) in [5.74, 6) is -1.04. The molecule has 0 spiro atoms. The number of benzene rings is 1. The van der Waals surface area contributed by atoms with Crippen molar-refractivity contribution in [2.75, 3.05) is 0 Å². The molecule has 21 heavy (non-hydrogen) atoms. The number of nitrogens with one attached hydrogen (secondary N) is 1. The summed E-state index contributed by atoms with van der Waals surface area (Å²) in [5.41, 5.74) is -0.906. The van der Waals surface area contributed by atoms with Crippen molar-refractivity contribution in [3.8, 4) is 0 Å². The van der Waals surface area contributed by atoms with Gasteiger partial charge >= 0.3 is 5.97 Å². The van der Waals surface area contributed by atoms with Gasteiger partial charge in [-0.3, -0.25) is 0 Å². The van der Waals surface area contributed by atoms with Gasteiger partial charge in [-0.15, -0.1) is 0 Å². The van der Waals surface area contributed by atoms with Gasteiger partial charge in [0, 0.05) is 5.54 Å². The number of carboxylic acids is 1. The van der Waals surface area contributed by atoms with Gasteiger partial charge in [-0.25, -0.2) is 17.9 Å². The molecule has 5 nitrogen and oxygen atoms in total. The Morgan fingerprint density at radius 1 is 1.29 bits per heavy atom. The molecular formula is C13H15Cl2NO4S. The zero-order valence-electron chi connectivity index (χ0n) is 11.5. The Kier molecular flexibility index (Phi) is 4.28. The van der Waals surface area contributed by atoms with Crippen molar-refractivity contribution in [1.82, 2.24) is 4.72 Å². The van der Waals surface area contributed by atoms with Gasteiger partial charge in [0.1, 0.15) is 4.90 Å². The third-order valence-electron chi connectivity index (χ3n) is 3.54. The van der Waals surface area contributed by atoms with Crippen LogP contribution in [0.3, 0.4) is 0 Å². The molecule has 0 heterocycles. The second-order valence-electron chi connectivity index (χ2n) is 5.67. The number of hydrogen-bond acceptors (Lipinski definition) is 3. The molecule has 116 valence electrons. The lowest BCUT2D eigenvalue weighted by Gasteiger charge is -2.26. The Morgan fingerprint density at radius 2 is 1.86 bits per heavy atom. The minimum absolute atomic E-state index is 0.104. The maximum absolute atomic E-state index is 12.5. The summed E-state index contributed by atoms with van der Waals surface area (Å²) in [6.45, 7) is 3.59. The number of carboxylic acid groups (broad SMARTS) is 1. The highest BCUT2D eigenvalue weighted by molar-refractivity contribution is 7.89. The molecule has 1 aliphatic rings. The molecule has 1 saturated carbocycles. The highest BCUT2D eigenvalue weighted by atomic mass is 35.5. The van der Waals surface area contributed by atoms with E-state index in [2.05, 4.69) is 4.72 Å². The molecule has 0 amide bonds. The molecule has 1 fully saturated rings. The van der Waals surface area contributed by atoms with E-state index in [-0.39, 0.29) is 26.4 Å². The predicted molar refractivity (Wildman–Crippen MR) is 80.5 cm³/mol. The first-order valence-corrected chi connectivity index (χ1v) is 8.55. The molecule has 1 aromatic carbocycles. The molecular weight excluding hydrogens is 337 g/mol. The van der Waals surface area contributed by atoms with Crippen LogP contribution in [0.5, 0.6) is 0 Å². The van der Waals surface area contributed by atoms with Crippen LogP contribution in [0.2, 0.25) is 10.0 Å². The Balaban J connectivity index is 2.44.